The van der Waals surface area contributed by atoms with E-state index in [2.05, 4.69) is 174 Å². The molecule has 0 aliphatic rings. The number of pyridine rings is 2. The molecule has 6 aromatic heterocycles. The molecule has 0 N–H and O–H groups in total. The van der Waals surface area contributed by atoms with Crippen LogP contribution in [-0.2, 0) is 0 Å². The van der Waals surface area contributed by atoms with E-state index in [0.717, 1.165) is 49.0 Å². The Balaban J connectivity index is 0.932. The highest BCUT2D eigenvalue weighted by Gasteiger charge is 2.16. The van der Waals surface area contributed by atoms with Gasteiger partial charge in [-0.05, 0) is 160 Å². The fourth-order valence-electron chi connectivity index (χ4n) is 8.73. The molecule has 0 radical (unpaired) electrons. The number of unbranched alkanes of at least 4 members (excludes halogenated alkanes) is 6. The lowest BCUT2D eigenvalue weighted by atomic mass is 9.97. The van der Waals surface area contributed by atoms with Crippen LogP contribution in [0.4, 0.5) is 11.4 Å². The second kappa shape index (κ2) is 24.2. The van der Waals surface area contributed by atoms with Crippen LogP contribution in [0.2, 0.25) is 0 Å². The quantitative estimate of drug-likeness (QED) is 0.0535. The maximum atomic E-state index is 5.27. The van der Waals surface area contributed by atoms with Crippen LogP contribution in [0.25, 0.3) is 64.5 Å². The summed E-state index contributed by atoms with van der Waals surface area (Å²) in [4.78, 5) is 20.4. The Morgan fingerprint density at radius 2 is 0.848 bits per heavy atom. The summed E-state index contributed by atoms with van der Waals surface area (Å²) in [6, 6.07) is 43.0. The monoisotopic (exact) mass is 946 g/mol. The summed E-state index contributed by atoms with van der Waals surface area (Å²) < 4.78 is 0. The van der Waals surface area contributed by atoms with Crippen LogP contribution < -0.4 is 9.80 Å². The van der Waals surface area contributed by atoms with Gasteiger partial charge in [-0.15, -0.1) is 45.3 Å². The van der Waals surface area contributed by atoms with Gasteiger partial charge in [0.2, 0.25) is 0 Å². The van der Waals surface area contributed by atoms with Crippen LogP contribution in [0.1, 0.15) is 110 Å². The van der Waals surface area contributed by atoms with Crippen molar-refractivity contribution >= 4 is 56.7 Å². The third kappa shape index (κ3) is 12.6. The van der Waals surface area contributed by atoms with Crippen LogP contribution in [-0.4, -0.2) is 36.1 Å². The summed E-state index contributed by atoms with van der Waals surface area (Å²) in [6.07, 6.45) is 13.5. The molecule has 6 heterocycles. The van der Waals surface area contributed by atoms with Crippen LogP contribution >= 0.6 is 45.3 Å². The summed E-state index contributed by atoms with van der Waals surface area (Å²) in [5.41, 5.74) is 13.2. The van der Waals surface area contributed by atoms with Gasteiger partial charge in [-0.25, -0.2) is 9.97 Å². The highest BCUT2D eigenvalue weighted by Crippen LogP contribution is 2.38. The van der Waals surface area contributed by atoms with Crippen LogP contribution in [0.15, 0.2) is 137 Å². The molecule has 0 saturated heterocycles. The number of hydrogen-bond donors (Lipinski definition) is 0. The fraction of sp³-hybridized carbons (Fsp3) is 0.345. The number of aromatic nitrogens is 2. The molecule has 0 bridgehead atoms. The first-order valence-electron chi connectivity index (χ1n) is 24.4. The molecule has 8 heteroatoms. The predicted molar refractivity (Wildman–Crippen MR) is 293 cm³/mol. The van der Waals surface area contributed by atoms with Crippen molar-refractivity contribution in [2.24, 2.45) is 0 Å². The molecule has 4 nitrogen and oxygen atoms in total. The number of anilines is 2. The minimum atomic E-state index is 0.488. The number of benzene rings is 2. The summed E-state index contributed by atoms with van der Waals surface area (Å²) in [6.45, 7) is 13.7. The number of rotatable bonds is 25. The van der Waals surface area contributed by atoms with Gasteiger partial charge in [-0.2, -0.15) is 0 Å². The van der Waals surface area contributed by atoms with Crippen molar-refractivity contribution in [3.8, 4) is 64.5 Å². The van der Waals surface area contributed by atoms with Crippen molar-refractivity contribution in [3.05, 3.63) is 142 Å². The third-order valence-corrected chi connectivity index (χ3v) is 16.4. The zero-order valence-corrected chi connectivity index (χ0v) is 42.7. The van der Waals surface area contributed by atoms with Gasteiger partial charge in [0.1, 0.15) is 0 Å². The molecule has 1 unspecified atom stereocenters. The molecule has 342 valence electrons. The Labute approximate surface area is 411 Å². The van der Waals surface area contributed by atoms with Crippen LogP contribution in [0.3, 0.4) is 0 Å². The molecule has 0 fully saturated rings. The average Bonchev–Trinajstić information content (AvgIpc) is 4.23. The van der Waals surface area contributed by atoms with Gasteiger partial charge in [0.05, 0.1) is 42.3 Å². The second-order valence-corrected chi connectivity index (χ2v) is 21.4. The molecule has 0 spiro atoms. The largest absolute Gasteiger partial charge is 0.372 e. The van der Waals surface area contributed by atoms with Gasteiger partial charge < -0.3 is 9.80 Å². The topological polar surface area (TPSA) is 32.3 Å². The van der Waals surface area contributed by atoms with E-state index in [0.29, 0.717) is 5.92 Å². The lowest BCUT2D eigenvalue weighted by Gasteiger charge is -2.25. The van der Waals surface area contributed by atoms with E-state index in [-0.39, 0.29) is 0 Å². The van der Waals surface area contributed by atoms with Gasteiger partial charge in [0.15, 0.2) is 0 Å². The summed E-state index contributed by atoms with van der Waals surface area (Å²) in [5, 5.41) is 8.80. The Bertz CT molecular complexity index is 2570. The van der Waals surface area contributed by atoms with Crippen LogP contribution in [0.5, 0.6) is 0 Å². The molecule has 8 aromatic rings. The van der Waals surface area contributed by atoms with E-state index in [4.69, 9.17) is 9.97 Å². The molecule has 66 heavy (non-hydrogen) atoms. The van der Waals surface area contributed by atoms with Crippen molar-refractivity contribution < 1.29 is 0 Å². The maximum absolute atomic E-state index is 5.27. The molecule has 0 amide bonds. The van der Waals surface area contributed by atoms with Gasteiger partial charge in [0.25, 0.3) is 0 Å². The molecule has 0 saturated carbocycles. The van der Waals surface area contributed by atoms with Gasteiger partial charge in [0, 0.05) is 37.6 Å². The number of thiophene rings is 4. The second-order valence-electron chi connectivity index (χ2n) is 17.7. The lowest BCUT2D eigenvalue weighted by molar-refractivity contribution is 0.582. The summed E-state index contributed by atoms with van der Waals surface area (Å²) in [7, 11) is 0. The van der Waals surface area contributed by atoms with E-state index >= 15 is 0 Å². The van der Waals surface area contributed by atoms with Crippen molar-refractivity contribution in [3.63, 3.8) is 0 Å². The van der Waals surface area contributed by atoms with Crippen molar-refractivity contribution in [1.29, 1.82) is 0 Å². The minimum Gasteiger partial charge on any atom is -0.372 e. The number of nitrogens with zero attached hydrogens (tertiary/aromatic N) is 4. The summed E-state index contributed by atoms with van der Waals surface area (Å²) in [5.74, 6) is 0.488. The normalized spacial score (nSPS) is 11.9. The van der Waals surface area contributed by atoms with Crippen molar-refractivity contribution in [1.82, 2.24) is 9.97 Å². The standard InChI is InChI=1S/C58H66N4S4/c1-5-8-11-13-32-62(50-28-24-44(25-29-50)46-37-51(55-19-15-34-63-55)59-52(38-46)56-20-16-35-64-56)33-14-12-18-43(4)48-41-58(66-42-48)54-40-47(39-53(60-54)57-21-17-36-65-57)45-22-26-49(27-23-45)61(30-9-6-2)31-10-7-3/h15-17,19-29,34-43H,5-14,18,30-33H2,1-4H3. The minimum absolute atomic E-state index is 0.488. The lowest BCUT2D eigenvalue weighted by Crippen LogP contribution is -2.25. The Kier molecular flexibility index (Phi) is 17.5. The third-order valence-electron chi connectivity index (χ3n) is 12.7. The Hall–Kier alpha value is -4.86. The van der Waals surface area contributed by atoms with E-state index in [1.54, 1.807) is 34.0 Å². The first-order chi connectivity index (χ1) is 32.5. The van der Waals surface area contributed by atoms with Crippen molar-refractivity contribution in [2.45, 2.75) is 104 Å². The Morgan fingerprint density at radius 3 is 1.27 bits per heavy atom. The first-order valence-corrected chi connectivity index (χ1v) is 28.0. The van der Waals surface area contributed by atoms with Crippen molar-refractivity contribution in [2.75, 3.05) is 36.0 Å². The van der Waals surface area contributed by atoms with E-state index in [9.17, 15) is 0 Å². The molecule has 0 aliphatic carbocycles. The zero-order chi connectivity index (χ0) is 45.5. The van der Waals surface area contributed by atoms with E-state index < -0.39 is 0 Å². The molecule has 0 aliphatic heterocycles. The Morgan fingerprint density at radius 1 is 0.424 bits per heavy atom. The highest BCUT2D eigenvalue weighted by molar-refractivity contribution is 7.14. The maximum Gasteiger partial charge on any atom is 0.0815 e. The molecular formula is C58H66N4S4. The molecule has 2 aromatic carbocycles. The smallest absolute Gasteiger partial charge is 0.0815 e. The fourth-order valence-corrected chi connectivity index (χ4v) is 11.8. The van der Waals surface area contributed by atoms with Gasteiger partial charge in [-0.1, -0.05) is 109 Å². The molecule has 1 atom stereocenters. The summed E-state index contributed by atoms with van der Waals surface area (Å²) >= 11 is 7.10. The average molecular weight is 947 g/mol. The molecule has 8 rings (SSSR count). The number of hydrogen-bond acceptors (Lipinski definition) is 8. The molecular weight excluding hydrogens is 881 g/mol. The SMILES string of the molecule is CCCCCCN(CCCCC(C)c1csc(-c2cc(-c3ccc(N(CCCC)CCCC)cc3)cc(-c3cccs3)n2)c1)c1ccc(-c2cc(-c3cccs3)nc(-c3cccs3)c2)cc1. The predicted octanol–water partition coefficient (Wildman–Crippen LogP) is 18.5. The highest BCUT2D eigenvalue weighted by atomic mass is 32.1. The van der Waals surface area contributed by atoms with E-state index in [1.165, 1.54) is 129 Å². The van der Waals surface area contributed by atoms with E-state index in [1.807, 2.05) is 11.3 Å². The van der Waals surface area contributed by atoms with Crippen LogP contribution in [0, 0.1) is 0 Å². The zero-order valence-electron chi connectivity index (χ0n) is 39.4. The first kappa shape index (κ1) is 47.6. The van der Waals surface area contributed by atoms with Gasteiger partial charge >= 0.3 is 0 Å². The van der Waals surface area contributed by atoms with Gasteiger partial charge in [-0.3, -0.25) is 0 Å².